The van der Waals surface area contributed by atoms with Crippen LogP contribution in [0.1, 0.15) is 5.56 Å². The molecule has 0 unspecified atom stereocenters. The molecule has 2 aromatic heterocycles. The standard InChI is InChI=1S/C14H11BrN2OS/c15-13-5-4-12(18-13)11-8-19-14(17-11)10-3-1-2-9(6-10)7-16/h1-6,8H,7,16H2. The zero-order valence-electron chi connectivity index (χ0n) is 9.97. The van der Waals surface area contributed by atoms with Gasteiger partial charge in [0.15, 0.2) is 10.4 Å². The third kappa shape index (κ3) is 2.63. The first-order valence-corrected chi connectivity index (χ1v) is 7.44. The number of aromatic nitrogens is 1. The molecule has 3 nitrogen and oxygen atoms in total. The molecule has 3 rings (SSSR count). The summed E-state index contributed by atoms with van der Waals surface area (Å²) in [5.41, 5.74) is 8.70. The number of furan rings is 1. The van der Waals surface area contributed by atoms with Crippen LogP contribution in [0, 0.1) is 0 Å². The fourth-order valence-corrected chi connectivity index (χ4v) is 2.92. The number of hydrogen-bond acceptors (Lipinski definition) is 4. The molecule has 1 aromatic carbocycles. The second kappa shape index (κ2) is 5.28. The summed E-state index contributed by atoms with van der Waals surface area (Å²) in [5, 5.41) is 2.97. The predicted molar refractivity (Wildman–Crippen MR) is 80.8 cm³/mol. The van der Waals surface area contributed by atoms with Gasteiger partial charge in [0.2, 0.25) is 0 Å². The summed E-state index contributed by atoms with van der Waals surface area (Å²) in [4.78, 5) is 4.60. The molecule has 0 saturated carbocycles. The highest BCUT2D eigenvalue weighted by molar-refractivity contribution is 9.10. The summed E-state index contributed by atoms with van der Waals surface area (Å²) < 4.78 is 6.21. The van der Waals surface area contributed by atoms with Crippen molar-refractivity contribution < 1.29 is 4.42 Å². The highest BCUT2D eigenvalue weighted by Crippen LogP contribution is 2.31. The molecule has 0 fully saturated rings. The molecule has 96 valence electrons. The number of halogens is 1. The number of thiazole rings is 1. The third-order valence-corrected chi connectivity index (χ3v) is 4.06. The average Bonchev–Trinajstić information content (AvgIpc) is 3.07. The van der Waals surface area contributed by atoms with Crippen molar-refractivity contribution in [3.05, 3.63) is 52.0 Å². The summed E-state index contributed by atoms with van der Waals surface area (Å²) in [5.74, 6) is 0.768. The van der Waals surface area contributed by atoms with Crippen LogP contribution < -0.4 is 5.73 Å². The Morgan fingerprint density at radius 2 is 2.16 bits per heavy atom. The van der Waals surface area contributed by atoms with E-state index in [0.29, 0.717) is 11.2 Å². The van der Waals surface area contributed by atoms with Gasteiger partial charge in [-0.3, -0.25) is 0 Å². The summed E-state index contributed by atoms with van der Waals surface area (Å²) in [7, 11) is 0. The topological polar surface area (TPSA) is 52.0 Å². The van der Waals surface area contributed by atoms with Crippen LogP contribution in [0.2, 0.25) is 0 Å². The van der Waals surface area contributed by atoms with E-state index in [9.17, 15) is 0 Å². The second-order valence-electron chi connectivity index (χ2n) is 4.05. The lowest BCUT2D eigenvalue weighted by molar-refractivity contribution is 0.554. The van der Waals surface area contributed by atoms with Crippen molar-refractivity contribution in [1.29, 1.82) is 0 Å². The van der Waals surface area contributed by atoms with E-state index in [4.69, 9.17) is 10.2 Å². The Hall–Kier alpha value is -1.43. The van der Waals surface area contributed by atoms with Crippen molar-refractivity contribution in [1.82, 2.24) is 4.98 Å². The van der Waals surface area contributed by atoms with Crippen LogP contribution >= 0.6 is 27.3 Å². The van der Waals surface area contributed by atoms with Gasteiger partial charge in [-0.1, -0.05) is 18.2 Å². The van der Waals surface area contributed by atoms with E-state index in [1.807, 2.05) is 35.7 Å². The summed E-state index contributed by atoms with van der Waals surface area (Å²) in [6.45, 7) is 0.539. The lowest BCUT2D eigenvalue weighted by atomic mass is 10.1. The van der Waals surface area contributed by atoms with Crippen LogP contribution in [0.5, 0.6) is 0 Å². The van der Waals surface area contributed by atoms with Crippen molar-refractivity contribution in [2.45, 2.75) is 6.54 Å². The maximum atomic E-state index is 5.66. The maximum absolute atomic E-state index is 5.66. The van der Waals surface area contributed by atoms with Crippen molar-refractivity contribution >= 4 is 27.3 Å². The Labute approximate surface area is 123 Å². The van der Waals surface area contributed by atoms with Crippen LogP contribution in [-0.4, -0.2) is 4.98 Å². The molecule has 0 aliphatic carbocycles. The fourth-order valence-electron chi connectivity index (χ4n) is 1.80. The lowest BCUT2D eigenvalue weighted by Gasteiger charge is -1.99. The molecule has 0 spiro atoms. The van der Waals surface area contributed by atoms with Gasteiger partial charge in [0, 0.05) is 17.5 Å². The van der Waals surface area contributed by atoms with Gasteiger partial charge in [0.1, 0.15) is 10.7 Å². The Bertz CT molecular complexity index is 705. The fraction of sp³-hybridized carbons (Fsp3) is 0.0714. The van der Waals surface area contributed by atoms with E-state index >= 15 is 0 Å². The largest absolute Gasteiger partial charge is 0.448 e. The van der Waals surface area contributed by atoms with Gasteiger partial charge < -0.3 is 10.2 Å². The Morgan fingerprint density at radius 3 is 2.89 bits per heavy atom. The second-order valence-corrected chi connectivity index (χ2v) is 5.69. The van der Waals surface area contributed by atoms with Crippen LogP contribution in [0.3, 0.4) is 0 Å². The molecular weight excluding hydrogens is 324 g/mol. The van der Waals surface area contributed by atoms with Gasteiger partial charge in [0.05, 0.1) is 0 Å². The van der Waals surface area contributed by atoms with Crippen LogP contribution in [0.25, 0.3) is 22.0 Å². The highest BCUT2D eigenvalue weighted by atomic mass is 79.9. The molecule has 2 N–H and O–H groups in total. The summed E-state index contributed by atoms with van der Waals surface area (Å²) >= 11 is 4.89. The first-order chi connectivity index (χ1) is 9.26. The van der Waals surface area contributed by atoms with E-state index in [2.05, 4.69) is 27.0 Å². The van der Waals surface area contributed by atoms with Gasteiger partial charge in [-0.25, -0.2) is 4.98 Å². The third-order valence-electron chi connectivity index (χ3n) is 2.74. The van der Waals surface area contributed by atoms with Gasteiger partial charge in [-0.05, 0) is 39.7 Å². The molecule has 19 heavy (non-hydrogen) atoms. The number of rotatable bonds is 3. The van der Waals surface area contributed by atoms with Gasteiger partial charge in [-0.2, -0.15) is 0 Å². The first-order valence-electron chi connectivity index (χ1n) is 5.77. The predicted octanol–water partition coefficient (Wildman–Crippen LogP) is 4.29. The minimum Gasteiger partial charge on any atom is -0.448 e. The van der Waals surface area contributed by atoms with Crippen molar-refractivity contribution in [2.75, 3.05) is 0 Å². The number of nitrogens with two attached hydrogens (primary N) is 1. The van der Waals surface area contributed by atoms with Gasteiger partial charge in [0.25, 0.3) is 0 Å². The van der Waals surface area contributed by atoms with Gasteiger partial charge >= 0.3 is 0 Å². The zero-order valence-corrected chi connectivity index (χ0v) is 12.4. The Balaban J connectivity index is 1.96. The quantitative estimate of drug-likeness (QED) is 0.777. The van der Waals surface area contributed by atoms with E-state index in [0.717, 1.165) is 27.6 Å². The molecule has 0 saturated heterocycles. The number of hydrogen-bond donors (Lipinski definition) is 1. The van der Waals surface area contributed by atoms with Crippen molar-refractivity contribution in [3.63, 3.8) is 0 Å². The van der Waals surface area contributed by atoms with E-state index in [1.54, 1.807) is 11.3 Å². The number of benzene rings is 1. The molecule has 0 bridgehead atoms. The first kappa shape index (κ1) is 12.6. The molecule has 0 radical (unpaired) electrons. The maximum Gasteiger partial charge on any atom is 0.169 e. The minimum absolute atomic E-state index is 0.539. The van der Waals surface area contributed by atoms with Crippen LogP contribution in [0.4, 0.5) is 0 Å². The van der Waals surface area contributed by atoms with Crippen molar-refractivity contribution in [2.24, 2.45) is 5.73 Å². The smallest absolute Gasteiger partial charge is 0.169 e. The van der Waals surface area contributed by atoms with Crippen molar-refractivity contribution in [3.8, 4) is 22.0 Å². The molecule has 0 aliphatic heterocycles. The van der Waals surface area contributed by atoms with E-state index < -0.39 is 0 Å². The Kier molecular flexibility index (Phi) is 3.50. The van der Waals surface area contributed by atoms with Gasteiger partial charge in [-0.15, -0.1) is 11.3 Å². The van der Waals surface area contributed by atoms with E-state index in [1.165, 1.54) is 0 Å². The number of nitrogens with zero attached hydrogens (tertiary/aromatic N) is 1. The molecule has 0 aliphatic rings. The van der Waals surface area contributed by atoms with E-state index in [-0.39, 0.29) is 0 Å². The zero-order chi connectivity index (χ0) is 13.2. The molecule has 5 heteroatoms. The monoisotopic (exact) mass is 334 g/mol. The molecule has 0 amide bonds. The SMILES string of the molecule is NCc1cccc(-c2nc(-c3ccc(Br)o3)cs2)c1. The minimum atomic E-state index is 0.539. The van der Waals surface area contributed by atoms with Crippen LogP contribution in [-0.2, 0) is 6.54 Å². The normalized spacial score (nSPS) is 10.8. The highest BCUT2D eigenvalue weighted by Gasteiger charge is 2.09. The molecule has 3 aromatic rings. The Morgan fingerprint density at radius 1 is 1.26 bits per heavy atom. The van der Waals surface area contributed by atoms with Crippen LogP contribution in [0.15, 0.2) is 50.9 Å². The molecular formula is C14H11BrN2OS. The molecule has 0 atom stereocenters. The summed E-state index contributed by atoms with van der Waals surface area (Å²) in [6, 6.07) is 11.9. The summed E-state index contributed by atoms with van der Waals surface area (Å²) in [6.07, 6.45) is 0. The molecule has 2 heterocycles. The lowest BCUT2D eigenvalue weighted by Crippen LogP contribution is -1.95. The average molecular weight is 335 g/mol.